The molecule has 6 N–H and O–H groups in total. The zero-order valence-corrected chi connectivity index (χ0v) is 66.3. The Kier molecular flexibility index (Phi) is 24.7. The van der Waals surface area contributed by atoms with Crippen molar-refractivity contribution in [2.45, 2.75) is 69.9 Å². The highest BCUT2D eigenvalue weighted by molar-refractivity contribution is 7.83. The first-order valence-corrected chi connectivity index (χ1v) is 38.4. The van der Waals surface area contributed by atoms with Crippen LogP contribution < -0.4 is 41.0 Å². The molecule has 15 amide bonds. The van der Waals surface area contributed by atoms with Crippen LogP contribution in [0.2, 0.25) is 0 Å². The van der Waals surface area contributed by atoms with Gasteiger partial charge in [-0.15, -0.1) is 0 Å². The number of hydrogen-bond donors (Lipinski definition) is 6. The Morgan fingerprint density at radius 1 is 0.408 bits per heavy atom. The van der Waals surface area contributed by atoms with Crippen LogP contribution in [0.25, 0.3) is 5.70 Å². The second-order valence-corrected chi connectivity index (χ2v) is 29.1. The van der Waals surface area contributed by atoms with Crippen LogP contribution in [0.3, 0.4) is 0 Å². The molecule has 36 heteroatoms. The van der Waals surface area contributed by atoms with E-state index >= 15 is 0 Å². The third-order valence-corrected chi connectivity index (χ3v) is 21.3. The number of nitrogens with one attached hydrogen (secondary N) is 5. The Labute approximate surface area is 701 Å². The Hall–Kier alpha value is -14.5. The van der Waals surface area contributed by atoms with Crippen LogP contribution >= 0.6 is 48.9 Å². The molecular formula is C84H64N12O20S4. The molecule has 4 fully saturated rings. The normalized spacial score (nSPS) is 18.7. The molecule has 11 aliphatic rings. The van der Waals surface area contributed by atoms with E-state index < -0.39 is 77.1 Å². The number of allylic oxidation sites excluding steroid dienone is 1. The van der Waals surface area contributed by atoms with Gasteiger partial charge in [0, 0.05) is 91.5 Å². The first-order valence-electron chi connectivity index (χ1n) is 36.7. The first-order chi connectivity index (χ1) is 57.6. The average molecular weight is 1690 g/mol. The van der Waals surface area contributed by atoms with Gasteiger partial charge in [-0.2, -0.15) is 4.98 Å². The van der Waals surface area contributed by atoms with Gasteiger partial charge in [0.1, 0.15) is 39.3 Å². The lowest BCUT2D eigenvalue weighted by atomic mass is 9.89. The molecule has 604 valence electrons. The van der Waals surface area contributed by atoms with Gasteiger partial charge in [0.15, 0.2) is 5.78 Å². The number of imide groups is 7. The van der Waals surface area contributed by atoms with Crippen molar-refractivity contribution in [3.63, 3.8) is 0 Å². The lowest BCUT2D eigenvalue weighted by molar-refractivity contribution is -0.137. The molecule has 0 bridgehead atoms. The quantitative estimate of drug-likeness (QED) is 0.0390. The van der Waals surface area contributed by atoms with Crippen molar-refractivity contribution >= 4 is 180 Å². The van der Waals surface area contributed by atoms with Gasteiger partial charge in [-0.05, 0) is 86.0 Å². The van der Waals surface area contributed by atoms with Crippen LogP contribution in [0.15, 0.2) is 176 Å². The number of nitrogens with zero attached hydrogens (tertiary/aromatic N) is 7. The minimum atomic E-state index is -1.01. The van der Waals surface area contributed by atoms with E-state index in [0.717, 1.165) is 74.0 Å². The van der Waals surface area contributed by atoms with Crippen molar-refractivity contribution in [3.05, 3.63) is 254 Å². The fourth-order valence-corrected chi connectivity index (χ4v) is 15.3. The van der Waals surface area contributed by atoms with Gasteiger partial charge < -0.3 is 30.5 Å². The molecule has 32 nitrogen and oxygen atoms in total. The molecule has 6 aromatic carbocycles. The van der Waals surface area contributed by atoms with Gasteiger partial charge >= 0.3 is 0 Å². The summed E-state index contributed by atoms with van der Waals surface area (Å²) in [6.07, 6.45) is 5.81. The molecule has 8 aromatic rings. The maximum absolute atomic E-state index is 12.4. The second-order valence-electron chi connectivity index (χ2n) is 27.3. The van der Waals surface area contributed by atoms with Gasteiger partial charge in [0.2, 0.25) is 35.4 Å². The summed E-state index contributed by atoms with van der Waals surface area (Å²) in [6.45, 7) is -0.0321. The number of pyridine rings is 2. The fourth-order valence-electron chi connectivity index (χ4n) is 14.2. The number of piperidine rings is 2. The molecule has 1 saturated carbocycles. The van der Waals surface area contributed by atoms with Crippen LogP contribution in [-0.4, -0.2) is 194 Å². The summed E-state index contributed by atoms with van der Waals surface area (Å²) in [4.78, 5) is 219. The number of ketones is 2. The van der Waals surface area contributed by atoms with Crippen molar-refractivity contribution in [2.24, 2.45) is 0 Å². The summed E-state index contributed by atoms with van der Waals surface area (Å²) in [7, 11) is 2.90. The van der Waals surface area contributed by atoms with Crippen molar-refractivity contribution in [1.29, 1.82) is 0 Å². The molecule has 3 saturated heterocycles. The zero-order chi connectivity index (χ0) is 85.7. The van der Waals surface area contributed by atoms with Gasteiger partial charge in [0.05, 0.1) is 91.9 Å². The fraction of sp³-hybridized carbons (Fsp3) is 0.179. The number of anilines is 1. The number of fused-ring (bicyclic) bond motifs is 7. The lowest BCUT2D eigenvalue weighted by Crippen LogP contribution is -2.54. The third kappa shape index (κ3) is 16.7. The van der Waals surface area contributed by atoms with E-state index in [9.17, 15) is 86.6 Å². The molecule has 2 aromatic heterocycles. The number of methoxy groups -OCH3 is 2. The molecule has 12 heterocycles. The molecule has 120 heavy (non-hydrogen) atoms. The Morgan fingerprint density at radius 3 is 1.28 bits per heavy atom. The van der Waals surface area contributed by atoms with Crippen LogP contribution in [0.1, 0.15) is 188 Å². The van der Waals surface area contributed by atoms with E-state index in [2.05, 4.69) is 36.6 Å². The number of thiocarbonyl (C=S) groups is 4. The monoisotopic (exact) mass is 1690 g/mol. The SMILES string of the molecule is COc1ccc(N2C(=O)c3ccccc3C2=O)c(OC)n1.O=C1CC/C(=C2/NC(=O)c3ccccc32)C(=O)C1.O=C1CCC(N2C(=O)c3cccc(O)c3C2=O)C(=O)N1.O=C1CCC(N2C(=O)c3ccncc3C2=O)C(=O)N1.O=C1c2ccccc2C(=O)N1CCN1C(=O)c2ccccc2C1=O.S=C1CCC(=S)N1.S=C1NC(=S)c2ccccc21. The Balaban J connectivity index is 0.000000123. The van der Waals surface area contributed by atoms with Crippen molar-refractivity contribution < 1.29 is 96.1 Å². The summed E-state index contributed by atoms with van der Waals surface area (Å²) in [5.41, 5.74) is 7.48. The summed E-state index contributed by atoms with van der Waals surface area (Å²) in [5.74, 6) is -7.03. The zero-order valence-electron chi connectivity index (χ0n) is 63.1. The minimum Gasteiger partial charge on any atom is -0.507 e. The number of carbonyl (C=O) groups excluding carboxylic acids is 17. The van der Waals surface area contributed by atoms with Crippen LogP contribution in [0, 0.1) is 0 Å². The van der Waals surface area contributed by atoms with E-state index in [1.165, 1.54) is 50.9 Å². The maximum Gasteiger partial charge on any atom is 0.266 e. The summed E-state index contributed by atoms with van der Waals surface area (Å²) >= 11 is 19.7. The first kappa shape index (κ1) is 83.5. The van der Waals surface area contributed by atoms with E-state index in [4.69, 9.17) is 58.3 Å². The molecule has 10 aliphatic heterocycles. The molecule has 2 atom stereocenters. The highest BCUT2D eigenvalue weighted by Crippen LogP contribution is 2.38. The predicted molar refractivity (Wildman–Crippen MR) is 439 cm³/mol. The molecule has 0 spiro atoms. The molecule has 1 aliphatic carbocycles. The lowest BCUT2D eigenvalue weighted by Gasteiger charge is -2.27. The van der Waals surface area contributed by atoms with E-state index in [1.807, 2.05) is 36.4 Å². The Morgan fingerprint density at radius 2 is 0.842 bits per heavy atom. The van der Waals surface area contributed by atoms with Gasteiger partial charge in [-0.1, -0.05) is 134 Å². The highest BCUT2D eigenvalue weighted by atomic mass is 32.1. The van der Waals surface area contributed by atoms with Crippen molar-refractivity contribution in [1.82, 2.24) is 56.2 Å². The highest BCUT2D eigenvalue weighted by Gasteiger charge is 2.48. The summed E-state index contributed by atoms with van der Waals surface area (Å²) in [6, 6.07) is 41.7. The number of phenols is 1. The van der Waals surface area contributed by atoms with E-state index in [0.29, 0.717) is 74.6 Å². The largest absolute Gasteiger partial charge is 0.507 e. The Bertz CT molecular complexity index is 5700. The van der Waals surface area contributed by atoms with Gasteiger partial charge in [-0.25, -0.2) is 4.90 Å². The maximum atomic E-state index is 12.4. The number of amides is 15. The molecular weight excluding hydrogens is 1630 g/mol. The van der Waals surface area contributed by atoms with Gasteiger partial charge in [-0.3, -0.25) is 117 Å². The predicted octanol–water partition coefficient (Wildman–Crippen LogP) is 6.88. The number of benzene rings is 6. The number of ether oxygens (including phenoxy) is 2. The summed E-state index contributed by atoms with van der Waals surface area (Å²) in [5, 5.41) is 22.5. The minimum absolute atomic E-state index is 0.0161. The van der Waals surface area contributed by atoms with E-state index in [1.54, 1.807) is 97.1 Å². The number of hydrogen-bond acceptors (Lipinski definition) is 26. The standard InChI is InChI=1S/C18H12N2O4.C15H12N2O4.C14H11NO3.C13H10N2O5.C12H9N3O4.C8H5NS2.C4H5NS2/c21-15-11-5-1-2-6-12(11)16(22)19(15)9-10-20-17(23)13-7-3-4-8-14(13)18(20)24;1-20-12-8-7-11(13(16-12)21-2)17-14(18)9-5-3-4-6-10(9)15(17)19;16-8-5-6-11(12(17)7-8)13-9-3-1-2-4-10(9)14(18)15-13;16-8-3-1-2-6-10(8)13(20)15(12(6)19)7-4-5-9(17)14-11(7)18;16-9-2-1-8(10(17)14-9)15-11(18)6-3-4-13-5-7(6)12(15)19;10-7-5-3-1-2-4-6(5)8(11)9-7;6-3-1-2-4(7)5-3/h1-8H,9-10H2;3-8H,1-2H3;1-4H,5-7H2,(H,15,18);1-3,7,16H,4-5H2,(H,14,17,18);3-5,8H,1-2H2,(H,14,16,17);1-4H,(H,9,10,11);1-2H2,(H,5,6,7)/b;;13-11-;;;;. The number of rotatable bonds is 8. The topological polar surface area (TPSA) is 431 Å². The average Bonchev–Trinajstić information content (AvgIpc) is 1.62. The smallest absolute Gasteiger partial charge is 0.266 e. The third-order valence-electron chi connectivity index (χ3n) is 20.1. The number of carbonyl (C=O) groups is 17. The molecule has 2 unspecified atom stereocenters. The van der Waals surface area contributed by atoms with Gasteiger partial charge in [0.25, 0.3) is 65.0 Å². The summed E-state index contributed by atoms with van der Waals surface area (Å²) < 4.78 is 10.2. The number of aromatic hydroxyl groups is 1. The van der Waals surface area contributed by atoms with E-state index in [-0.39, 0.29) is 114 Å². The number of aromatic nitrogens is 2. The van der Waals surface area contributed by atoms with Crippen LogP contribution in [0.4, 0.5) is 5.69 Å². The van der Waals surface area contributed by atoms with Crippen LogP contribution in [0.5, 0.6) is 17.5 Å². The molecule has 0 radical (unpaired) electrons. The van der Waals surface area contributed by atoms with Crippen molar-refractivity contribution in [2.75, 3.05) is 32.2 Å². The van der Waals surface area contributed by atoms with Crippen molar-refractivity contribution in [3.8, 4) is 17.5 Å². The number of Topliss-reactive ketones (excluding diaryl/α,β-unsaturated/α-hetero) is 2. The number of phenolic OH excluding ortho intramolecular Hbond substituents is 1. The van der Waals surface area contributed by atoms with Crippen LogP contribution in [-0.2, 0) is 28.8 Å². The molecule has 19 rings (SSSR count). The second kappa shape index (κ2) is 35.5.